The summed E-state index contributed by atoms with van der Waals surface area (Å²) in [4.78, 5) is 30.0. The van der Waals surface area contributed by atoms with Crippen molar-refractivity contribution in [2.24, 2.45) is 12.5 Å². The summed E-state index contributed by atoms with van der Waals surface area (Å²) >= 11 is 0. The van der Waals surface area contributed by atoms with E-state index in [1.807, 2.05) is 72.0 Å². The molecular weight excluding hydrogens is 604 g/mol. The Kier molecular flexibility index (Phi) is 10.1. The van der Waals surface area contributed by atoms with E-state index in [1.165, 1.54) is 0 Å². The minimum atomic E-state index is -0.268. The third-order valence-electron chi connectivity index (χ3n) is 9.63. The van der Waals surface area contributed by atoms with E-state index >= 15 is 0 Å². The van der Waals surface area contributed by atoms with E-state index in [0.29, 0.717) is 19.5 Å². The van der Waals surface area contributed by atoms with Gasteiger partial charge in [-0.15, -0.1) is 0 Å². The summed E-state index contributed by atoms with van der Waals surface area (Å²) in [6.45, 7) is 14.6. The molecule has 48 heavy (non-hydrogen) atoms. The number of amides is 1. The summed E-state index contributed by atoms with van der Waals surface area (Å²) in [5.74, 6) is 2.12. The first-order valence-corrected chi connectivity index (χ1v) is 16.6. The van der Waals surface area contributed by atoms with Gasteiger partial charge in [-0.05, 0) is 73.9 Å². The van der Waals surface area contributed by atoms with Gasteiger partial charge in [-0.2, -0.15) is 5.26 Å². The molecule has 1 fully saturated rings. The lowest BCUT2D eigenvalue weighted by atomic mass is 9.90. The van der Waals surface area contributed by atoms with Gasteiger partial charge < -0.3 is 23.7 Å². The smallest absolute Gasteiger partial charge is 0.264 e. The first kappa shape index (κ1) is 34.8. The average Bonchev–Trinajstić information content (AvgIpc) is 3.50. The quantitative estimate of drug-likeness (QED) is 0.209. The van der Waals surface area contributed by atoms with E-state index in [0.717, 1.165) is 75.7 Å². The highest BCUT2D eigenvalue weighted by Crippen LogP contribution is 2.39. The number of ether oxygens (including phenoxy) is 3. The molecule has 3 heterocycles. The number of carbonyl (C=O) groups is 1. The number of nitrogens with zero attached hydrogens (tertiary/aromatic N) is 4. The largest absolute Gasteiger partial charge is 0.496 e. The molecule has 254 valence electrons. The van der Waals surface area contributed by atoms with Gasteiger partial charge >= 0.3 is 0 Å². The molecule has 0 aliphatic carbocycles. The van der Waals surface area contributed by atoms with Crippen LogP contribution in [0.15, 0.2) is 53.0 Å². The summed E-state index contributed by atoms with van der Waals surface area (Å²) in [5, 5.41) is 9.73. The van der Waals surface area contributed by atoms with Gasteiger partial charge in [0.25, 0.3) is 11.5 Å². The van der Waals surface area contributed by atoms with E-state index in [-0.39, 0.29) is 34.6 Å². The topological polar surface area (TPSA) is 97.0 Å². The van der Waals surface area contributed by atoms with E-state index < -0.39 is 0 Å². The predicted molar refractivity (Wildman–Crippen MR) is 187 cm³/mol. The van der Waals surface area contributed by atoms with Crippen molar-refractivity contribution in [3.63, 3.8) is 0 Å². The summed E-state index contributed by atoms with van der Waals surface area (Å²) in [6.07, 6.45) is 5.19. The predicted octanol–water partition coefficient (Wildman–Crippen LogP) is 6.28. The third-order valence-corrected chi connectivity index (χ3v) is 9.63. The fraction of sp³-hybridized carbons (Fsp3) is 0.462. The van der Waals surface area contributed by atoms with Crippen molar-refractivity contribution >= 4 is 5.91 Å². The maximum atomic E-state index is 13.4. The number of aromatic nitrogens is 1. The lowest BCUT2D eigenvalue weighted by molar-refractivity contribution is -0.129. The number of hydrogen-bond acceptors (Lipinski definition) is 7. The summed E-state index contributed by atoms with van der Waals surface area (Å²) < 4.78 is 20.1. The Hall–Kier alpha value is -4.55. The van der Waals surface area contributed by atoms with Gasteiger partial charge in [0.15, 0.2) is 0 Å². The van der Waals surface area contributed by atoms with Crippen molar-refractivity contribution in [2.45, 2.75) is 73.1 Å². The molecule has 0 saturated carbocycles. The molecule has 0 radical (unpaired) electrons. The Morgan fingerprint density at radius 1 is 1.06 bits per heavy atom. The highest BCUT2D eigenvalue weighted by molar-refractivity contribution is 5.97. The summed E-state index contributed by atoms with van der Waals surface area (Å²) in [5.41, 5.74) is 6.65. The van der Waals surface area contributed by atoms with Gasteiger partial charge in [0.05, 0.1) is 25.8 Å². The maximum absolute atomic E-state index is 13.4. The van der Waals surface area contributed by atoms with Crippen LogP contribution in [0.5, 0.6) is 17.2 Å². The number of rotatable bonds is 8. The van der Waals surface area contributed by atoms with Crippen LogP contribution in [0.3, 0.4) is 0 Å². The summed E-state index contributed by atoms with van der Waals surface area (Å²) in [7, 11) is 5.12. The van der Waals surface area contributed by atoms with Crippen LogP contribution in [-0.2, 0) is 24.8 Å². The molecule has 0 bridgehead atoms. The maximum Gasteiger partial charge on any atom is 0.264 e. The number of hydrogen-bond donors (Lipinski definition) is 0. The molecule has 0 spiro atoms. The highest BCUT2D eigenvalue weighted by Gasteiger charge is 2.33. The lowest BCUT2D eigenvalue weighted by Crippen LogP contribution is -2.40. The van der Waals surface area contributed by atoms with E-state index in [2.05, 4.69) is 17.0 Å². The molecule has 9 heteroatoms. The molecular formula is C39H48N4O5. The zero-order valence-corrected chi connectivity index (χ0v) is 29.8. The number of pyridine rings is 1. The number of carbonyl (C=O) groups excluding carboxylic acids is 1. The number of benzene rings is 2. The molecule has 5 rings (SSSR count). The molecule has 1 saturated heterocycles. The van der Waals surface area contributed by atoms with Gasteiger partial charge in [0.1, 0.15) is 35.0 Å². The molecule has 9 nitrogen and oxygen atoms in total. The monoisotopic (exact) mass is 652 g/mol. The van der Waals surface area contributed by atoms with Gasteiger partial charge in [-0.1, -0.05) is 39.0 Å². The van der Waals surface area contributed by atoms with Crippen LogP contribution in [0.2, 0.25) is 0 Å². The number of aryl methyl sites for hydroxylation is 1. The van der Waals surface area contributed by atoms with Gasteiger partial charge in [-0.3, -0.25) is 14.5 Å². The SMILES string of the molecule is COc1cc(-c2cn(C)c(=O)c(C)c2C)cc(OC)c1CN1CC[C@@H](Oc2cccc3c2CCN(C(=O)/C(C#N)=C/C(C)(C)C)C3C)C1. The normalized spacial score (nSPS) is 18.3. The standard InChI is InChI=1S/C39H48N4O5/c1-24-25(2)37(44)41(7)22-32(24)27-17-35(46-8)33(36(18-27)47-9)23-42-15-13-29(21-42)48-34-12-10-11-30-26(3)43(16-14-31(30)34)38(45)28(20-40)19-39(4,5)6/h10-12,17-19,22,26,29H,13-16,21,23H2,1-9H3/b28-19+/t26?,29-/m1/s1. The van der Waals surface area contributed by atoms with Crippen LogP contribution in [0.25, 0.3) is 11.1 Å². The average molecular weight is 653 g/mol. The minimum absolute atomic E-state index is 0.00146. The Bertz CT molecular complexity index is 1820. The molecule has 2 atom stereocenters. The van der Waals surface area contributed by atoms with Crippen LogP contribution in [0, 0.1) is 30.6 Å². The molecule has 3 aromatic rings. The number of fused-ring (bicyclic) bond motifs is 1. The second-order valence-corrected chi connectivity index (χ2v) is 14.1. The van der Waals surface area contributed by atoms with E-state index in [1.54, 1.807) is 36.8 Å². The summed E-state index contributed by atoms with van der Waals surface area (Å²) in [6, 6.07) is 12.1. The highest BCUT2D eigenvalue weighted by atomic mass is 16.5. The molecule has 1 amide bonds. The van der Waals surface area contributed by atoms with Crippen LogP contribution in [-0.4, -0.2) is 60.2 Å². The molecule has 2 aromatic carbocycles. The fourth-order valence-electron chi connectivity index (χ4n) is 6.96. The van der Waals surface area contributed by atoms with E-state index in [9.17, 15) is 14.9 Å². The first-order valence-electron chi connectivity index (χ1n) is 16.6. The minimum Gasteiger partial charge on any atom is -0.496 e. The molecule has 2 aliphatic heterocycles. The molecule has 1 aromatic heterocycles. The van der Waals surface area contributed by atoms with Crippen molar-refractivity contribution < 1.29 is 19.0 Å². The van der Waals surface area contributed by atoms with Crippen LogP contribution >= 0.6 is 0 Å². The lowest BCUT2D eigenvalue weighted by Gasteiger charge is -2.36. The van der Waals surface area contributed by atoms with E-state index in [4.69, 9.17) is 14.2 Å². The second-order valence-electron chi connectivity index (χ2n) is 14.1. The van der Waals surface area contributed by atoms with Crippen LogP contribution in [0.1, 0.15) is 68.0 Å². The molecule has 0 N–H and O–H groups in total. The Labute approximate surface area is 284 Å². The molecule has 2 aliphatic rings. The van der Waals surface area contributed by atoms with Crippen LogP contribution in [0.4, 0.5) is 0 Å². The third kappa shape index (κ3) is 7.00. The number of methoxy groups -OCH3 is 2. The number of nitriles is 1. The Morgan fingerprint density at radius 2 is 1.75 bits per heavy atom. The first-order chi connectivity index (χ1) is 22.8. The van der Waals surface area contributed by atoms with Crippen LogP contribution < -0.4 is 19.8 Å². The second kappa shape index (κ2) is 13.9. The zero-order chi connectivity index (χ0) is 34.9. The van der Waals surface area contributed by atoms with Gasteiger partial charge in [0, 0.05) is 56.1 Å². The number of allylic oxidation sites excluding steroid dienone is 1. The van der Waals surface area contributed by atoms with Crippen molar-refractivity contribution in [2.75, 3.05) is 33.9 Å². The van der Waals surface area contributed by atoms with Crippen molar-refractivity contribution in [3.05, 3.63) is 86.3 Å². The fourth-order valence-corrected chi connectivity index (χ4v) is 6.96. The van der Waals surface area contributed by atoms with Crippen molar-refractivity contribution in [3.8, 4) is 34.4 Å². The zero-order valence-electron chi connectivity index (χ0n) is 29.8. The number of likely N-dealkylation sites (tertiary alicyclic amines) is 1. The molecule has 1 unspecified atom stereocenters. The van der Waals surface area contributed by atoms with Gasteiger partial charge in [0.2, 0.25) is 0 Å². The Balaban J connectivity index is 1.31. The van der Waals surface area contributed by atoms with Crippen molar-refractivity contribution in [1.29, 1.82) is 5.26 Å². The van der Waals surface area contributed by atoms with Crippen molar-refractivity contribution in [1.82, 2.24) is 14.4 Å². The van der Waals surface area contributed by atoms with Gasteiger partial charge in [-0.25, -0.2) is 0 Å². The Morgan fingerprint density at radius 3 is 2.38 bits per heavy atom.